The Labute approximate surface area is 125 Å². The van der Waals surface area contributed by atoms with Gasteiger partial charge >= 0.3 is 0 Å². The van der Waals surface area contributed by atoms with Crippen molar-refractivity contribution in [2.75, 3.05) is 13.6 Å². The molecule has 2 aliphatic rings. The van der Waals surface area contributed by atoms with E-state index in [4.69, 9.17) is 0 Å². The summed E-state index contributed by atoms with van der Waals surface area (Å²) >= 11 is 0. The van der Waals surface area contributed by atoms with Gasteiger partial charge in [0.2, 0.25) is 0 Å². The molecule has 4 rings (SSSR count). The van der Waals surface area contributed by atoms with E-state index in [1.54, 1.807) is 12.1 Å². The van der Waals surface area contributed by atoms with Crippen molar-refractivity contribution < 1.29 is 4.39 Å². The minimum absolute atomic E-state index is 0.0637. The molecule has 0 amide bonds. The van der Waals surface area contributed by atoms with Crippen LogP contribution >= 0.6 is 0 Å². The van der Waals surface area contributed by atoms with Crippen molar-refractivity contribution in [3.05, 3.63) is 71.0 Å². The van der Waals surface area contributed by atoms with E-state index in [1.807, 2.05) is 12.1 Å². The zero-order valence-electron chi connectivity index (χ0n) is 12.3. The van der Waals surface area contributed by atoms with E-state index in [9.17, 15) is 4.39 Å². The van der Waals surface area contributed by atoms with Gasteiger partial charge < -0.3 is 0 Å². The molecule has 0 N–H and O–H groups in total. The molecular formula is C19H20FN. The summed E-state index contributed by atoms with van der Waals surface area (Å²) in [4.78, 5) is 2.45. The molecule has 2 heteroatoms. The van der Waals surface area contributed by atoms with Gasteiger partial charge in [-0.1, -0.05) is 42.5 Å². The molecule has 1 saturated heterocycles. The maximum atomic E-state index is 14.4. The number of benzene rings is 2. The second-order valence-corrected chi connectivity index (χ2v) is 6.36. The minimum Gasteiger partial charge on any atom is -0.299 e. The fourth-order valence-corrected chi connectivity index (χ4v) is 4.44. The lowest BCUT2D eigenvalue weighted by atomic mass is 9.80. The molecule has 1 fully saturated rings. The third-order valence-electron chi connectivity index (χ3n) is 5.25. The van der Waals surface area contributed by atoms with Crippen molar-refractivity contribution in [1.29, 1.82) is 0 Å². The van der Waals surface area contributed by atoms with Crippen LogP contribution in [0.2, 0.25) is 0 Å². The molecule has 1 nitrogen and oxygen atoms in total. The SMILES string of the molecule is CN1CCC[C@@H]2[C@H](c3ccccc3F)c3ccccc3[C@@H]21. The first-order chi connectivity index (χ1) is 10.3. The highest BCUT2D eigenvalue weighted by atomic mass is 19.1. The van der Waals surface area contributed by atoms with Crippen LogP contribution in [-0.4, -0.2) is 18.5 Å². The maximum absolute atomic E-state index is 14.4. The molecule has 2 aromatic carbocycles. The molecule has 0 aromatic heterocycles. The second kappa shape index (κ2) is 4.96. The van der Waals surface area contributed by atoms with Crippen molar-refractivity contribution in [1.82, 2.24) is 4.90 Å². The summed E-state index contributed by atoms with van der Waals surface area (Å²) in [5.41, 5.74) is 3.59. The normalized spacial score (nSPS) is 28.2. The Morgan fingerprint density at radius 3 is 2.38 bits per heavy atom. The number of halogens is 1. The molecule has 0 radical (unpaired) electrons. The highest BCUT2D eigenvalue weighted by molar-refractivity contribution is 5.46. The van der Waals surface area contributed by atoms with E-state index in [0.29, 0.717) is 12.0 Å². The third kappa shape index (κ3) is 1.93. The predicted octanol–water partition coefficient (Wildman–Crippen LogP) is 4.35. The third-order valence-corrected chi connectivity index (χ3v) is 5.25. The molecule has 3 atom stereocenters. The van der Waals surface area contributed by atoms with Gasteiger partial charge in [-0.3, -0.25) is 4.90 Å². The number of piperidine rings is 1. The van der Waals surface area contributed by atoms with E-state index >= 15 is 0 Å². The van der Waals surface area contributed by atoms with Crippen LogP contribution in [0.15, 0.2) is 48.5 Å². The molecule has 1 aliphatic carbocycles. The first-order valence-corrected chi connectivity index (χ1v) is 7.81. The number of likely N-dealkylation sites (tertiary alicyclic amines) is 1. The highest BCUT2D eigenvalue weighted by Gasteiger charge is 2.45. The summed E-state index contributed by atoms with van der Waals surface area (Å²) in [6, 6.07) is 16.4. The lowest BCUT2D eigenvalue weighted by Gasteiger charge is -2.37. The Kier molecular flexibility index (Phi) is 3.07. The van der Waals surface area contributed by atoms with Crippen molar-refractivity contribution in [2.24, 2.45) is 5.92 Å². The van der Waals surface area contributed by atoms with Gasteiger partial charge in [0.1, 0.15) is 5.82 Å². The summed E-state index contributed by atoms with van der Waals surface area (Å²) < 4.78 is 14.4. The Bertz CT molecular complexity index is 666. The average molecular weight is 281 g/mol. The van der Waals surface area contributed by atoms with Crippen LogP contribution in [0, 0.1) is 11.7 Å². The van der Waals surface area contributed by atoms with Crippen molar-refractivity contribution in [3.8, 4) is 0 Å². The van der Waals surface area contributed by atoms with E-state index in [0.717, 1.165) is 12.1 Å². The van der Waals surface area contributed by atoms with E-state index in [2.05, 4.69) is 36.2 Å². The molecule has 0 bridgehead atoms. The molecule has 2 aromatic rings. The molecule has 0 unspecified atom stereocenters. The maximum Gasteiger partial charge on any atom is 0.127 e. The van der Waals surface area contributed by atoms with E-state index in [-0.39, 0.29) is 11.7 Å². The Balaban J connectivity index is 1.89. The molecule has 0 saturated carbocycles. The number of rotatable bonds is 1. The monoisotopic (exact) mass is 281 g/mol. The number of hydrogen-bond donors (Lipinski definition) is 0. The van der Waals surface area contributed by atoms with Crippen molar-refractivity contribution in [2.45, 2.75) is 24.8 Å². The van der Waals surface area contributed by atoms with Gasteiger partial charge in [0.15, 0.2) is 0 Å². The average Bonchev–Trinajstić information content (AvgIpc) is 2.83. The molecule has 1 heterocycles. The highest BCUT2D eigenvalue weighted by Crippen LogP contribution is 2.54. The topological polar surface area (TPSA) is 3.24 Å². The number of nitrogens with zero attached hydrogens (tertiary/aromatic N) is 1. The first-order valence-electron chi connectivity index (χ1n) is 7.81. The van der Waals surface area contributed by atoms with Crippen LogP contribution in [0.25, 0.3) is 0 Å². The van der Waals surface area contributed by atoms with Gasteiger partial charge in [-0.25, -0.2) is 4.39 Å². The number of hydrogen-bond acceptors (Lipinski definition) is 1. The zero-order valence-corrected chi connectivity index (χ0v) is 12.3. The molecular weight excluding hydrogens is 261 g/mol. The van der Waals surface area contributed by atoms with Crippen molar-refractivity contribution >= 4 is 0 Å². The number of fused-ring (bicyclic) bond motifs is 3. The van der Waals surface area contributed by atoms with E-state index in [1.165, 1.54) is 24.0 Å². The fraction of sp³-hybridized carbons (Fsp3) is 0.368. The minimum atomic E-state index is -0.0637. The van der Waals surface area contributed by atoms with Gasteiger partial charge in [0.05, 0.1) is 0 Å². The lowest BCUT2D eigenvalue weighted by Crippen LogP contribution is -2.35. The Morgan fingerprint density at radius 1 is 0.952 bits per heavy atom. The summed E-state index contributed by atoms with van der Waals surface area (Å²) in [6.45, 7) is 1.14. The van der Waals surface area contributed by atoms with Gasteiger partial charge in [-0.2, -0.15) is 0 Å². The standard InChI is InChI=1S/C19H20FN/c1-21-12-6-10-16-18(15-9-4-5-11-17(15)20)13-7-2-3-8-14(13)19(16)21/h2-5,7-9,11,16,18-19H,6,10,12H2,1H3/t16-,18+,19+/m1/s1. The van der Waals surface area contributed by atoms with Crippen LogP contribution in [0.4, 0.5) is 4.39 Å². The van der Waals surface area contributed by atoms with Gasteiger partial charge in [-0.05, 0) is 55.1 Å². The zero-order chi connectivity index (χ0) is 14.4. The Morgan fingerprint density at radius 2 is 1.62 bits per heavy atom. The second-order valence-electron chi connectivity index (χ2n) is 6.36. The quantitative estimate of drug-likeness (QED) is 0.751. The summed E-state index contributed by atoms with van der Waals surface area (Å²) in [5.74, 6) is 0.638. The van der Waals surface area contributed by atoms with Gasteiger partial charge in [-0.15, -0.1) is 0 Å². The van der Waals surface area contributed by atoms with Crippen molar-refractivity contribution in [3.63, 3.8) is 0 Å². The Hall–Kier alpha value is -1.67. The van der Waals surface area contributed by atoms with Crippen LogP contribution < -0.4 is 0 Å². The van der Waals surface area contributed by atoms with Crippen LogP contribution in [0.1, 0.15) is 41.5 Å². The van der Waals surface area contributed by atoms with Crippen LogP contribution in [0.5, 0.6) is 0 Å². The lowest BCUT2D eigenvalue weighted by molar-refractivity contribution is 0.126. The smallest absolute Gasteiger partial charge is 0.127 e. The van der Waals surface area contributed by atoms with Crippen LogP contribution in [0.3, 0.4) is 0 Å². The first kappa shape index (κ1) is 13.0. The molecule has 1 aliphatic heterocycles. The summed E-state index contributed by atoms with van der Waals surface area (Å²) in [5, 5.41) is 0. The largest absolute Gasteiger partial charge is 0.299 e. The fourth-order valence-electron chi connectivity index (χ4n) is 4.44. The summed E-state index contributed by atoms with van der Waals surface area (Å²) in [7, 11) is 2.21. The summed E-state index contributed by atoms with van der Waals surface area (Å²) in [6.07, 6.45) is 2.39. The molecule has 21 heavy (non-hydrogen) atoms. The van der Waals surface area contributed by atoms with Crippen LogP contribution in [-0.2, 0) is 0 Å². The van der Waals surface area contributed by atoms with Gasteiger partial charge in [0.25, 0.3) is 0 Å². The van der Waals surface area contributed by atoms with E-state index < -0.39 is 0 Å². The molecule has 108 valence electrons. The predicted molar refractivity (Wildman–Crippen MR) is 82.8 cm³/mol. The van der Waals surface area contributed by atoms with Gasteiger partial charge in [0, 0.05) is 12.0 Å². The molecule has 0 spiro atoms.